The lowest BCUT2D eigenvalue weighted by Gasteiger charge is -2.43. The van der Waals surface area contributed by atoms with Crippen molar-refractivity contribution in [1.29, 1.82) is 0 Å². The summed E-state index contributed by atoms with van der Waals surface area (Å²) in [6.45, 7) is 14.1. The van der Waals surface area contributed by atoms with Crippen molar-refractivity contribution in [2.75, 3.05) is 6.61 Å². The van der Waals surface area contributed by atoms with Gasteiger partial charge in [-0.3, -0.25) is 0 Å². The van der Waals surface area contributed by atoms with Gasteiger partial charge in [-0.25, -0.2) is 0 Å². The lowest BCUT2D eigenvalue weighted by atomic mass is 10.1. The van der Waals surface area contributed by atoms with Crippen LogP contribution in [0.4, 0.5) is 0 Å². The first-order valence-electron chi connectivity index (χ1n) is 12.7. The van der Waals surface area contributed by atoms with Crippen LogP contribution in [0.25, 0.3) is 0 Å². The van der Waals surface area contributed by atoms with Crippen molar-refractivity contribution in [2.45, 2.75) is 89.8 Å². The van der Waals surface area contributed by atoms with Gasteiger partial charge in [0.25, 0.3) is 8.32 Å². The lowest BCUT2D eigenvalue weighted by molar-refractivity contribution is 0.0964. The Hall–Kier alpha value is -1.69. The molecule has 0 heterocycles. The summed E-state index contributed by atoms with van der Waals surface area (Å²) in [5.74, 6) is 2.48. The molecule has 186 valence electrons. The van der Waals surface area contributed by atoms with Gasteiger partial charge >= 0.3 is 0 Å². The largest absolute Gasteiger partial charge is 0.414 e. The highest BCUT2D eigenvalue weighted by molar-refractivity contribution is 6.99. The first-order chi connectivity index (χ1) is 16.2. The first kappa shape index (κ1) is 28.6. The van der Waals surface area contributed by atoms with Crippen molar-refractivity contribution < 1.29 is 14.0 Å². The number of aliphatic hydroxyl groups excluding tert-OH is 1. The highest BCUT2D eigenvalue weighted by Gasteiger charge is 2.50. The standard InChI is InChI=1S/C29H44O3Si2/c1-8-25(30)24-26(32-33(9-2,10-3)11-4)22-23-31-34(29(5,6)7,27-18-14-12-15-19-27)28-20-16-13-17-21-28/h1,12-21,25-26,30H,9-11,22-24H2,2-7H3/t25-,26+/m0/s1. The smallest absolute Gasteiger partial charge is 0.261 e. The zero-order valence-electron chi connectivity index (χ0n) is 22.0. The van der Waals surface area contributed by atoms with Crippen molar-refractivity contribution in [3.63, 3.8) is 0 Å². The predicted molar refractivity (Wildman–Crippen MR) is 150 cm³/mol. The van der Waals surface area contributed by atoms with Gasteiger partial charge in [-0.05, 0) is 40.0 Å². The van der Waals surface area contributed by atoms with Crippen molar-refractivity contribution in [3.05, 3.63) is 60.7 Å². The second-order valence-corrected chi connectivity index (χ2v) is 19.2. The fourth-order valence-corrected chi connectivity index (χ4v) is 12.5. The van der Waals surface area contributed by atoms with E-state index < -0.39 is 22.7 Å². The van der Waals surface area contributed by atoms with Crippen molar-refractivity contribution in [2.24, 2.45) is 0 Å². The first-order valence-corrected chi connectivity index (χ1v) is 17.2. The number of aliphatic hydroxyl groups is 1. The molecule has 0 aliphatic heterocycles. The van der Waals surface area contributed by atoms with E-state index in [1.165, 1.54) is 10.4 Å². The Labute approximate surface area is 210 Å². The highest BCUT2D eigenvalue weighted by atomic mass is 28.4. The minimum atomic E-state index is -2.60. The van der Waals surface area contributed by atoms with E-state index in [2.05, 4.69) is 108 Å². The molecule has 0 aliphatic rings. The zero-order chi connectivity index (χ0) is 25.2. The normalized spacial score (nSPS) is 14.4. The predicted octanol–water partition coefficient (Wildman–Crippen LogP) is 5.73. The number of benzene rings is 2. The van der Waals surface area contributed by atoms with E-state index in [0.717, 1.165) is 24.6 Å². The summed E-state index contributed by atoms with van der Waals surface area (Å²) < 4.78 is 13.9. The molecule has 3 nitrogen and oxygen atoms in total. The summed E-state index contributed by atoms with van der Waals surface area (Å²) >= 11 is 0. The van der Waals surface area contributed by atoms with Crippen LogP contribution in [0.3, 0.4) is 0 Å². The second-order valence-electron chi connectivity index (χ2n) is 10.2. The summed E-state index contributed by atoms with van der Waals surface area (Å²) in [5.41, 5.74) is 0. The molecule has 0 amide bonds. The summed E-state index contributed by atoms with van der Waals surface area (Å²) in [5, 5.41) is 12.7. The van der Waals surface area contributed by atoms with E-state index in [9.17, 15) is 5.11 Å². The summed E-state index contributed by atoms with van der Waals surface area (Å²) in [6.07, 6.45) is 5.80. The Morgan fingerprint density at radius 1 is 0.882 bits per heavy atom. The number of hydrogen-bond acceptors (Lipinski definition) is 3. The van der Waals surface area contributed by atoms with Crippen LogP contribution in [0, 0.1) is 12.3 Å². The fourth-order valence-electron chi connectivity index (χ4n) is 5.00. The molecule has 0 aromatic heterocycles. The molecule has 5 heteroatoms. The van der Waals surface area contributed by atoms with E-state index in [0.29, 0.717) is 13.0 Å². The van der Waals surface area contributed by atoms with Gasteiger partial charge in [-0.1, -0.05) is 108 Å². The van der Waals surface area contributed by atoms with Crippen molar-refractivity contribution in [1.82, 2.24) is 0 Å². The molecule has 0 spiro atoms. The van der Waals surface area contributed by atoms with Gasteiger partial charge in [0, 0.05) is 13.0 Å². The molecule has 2 aromatic carbocycles. The van der Waals surface area contributed by atoms with Crippen LogP contribution >= 0.6 is 0 Å². The Morgan fingerprint density at radius 2 is 1.35 bits per heavy atom. The maximum Gasteiger partial charge on any atom is 0.261 e. The zero-order valence-corrected chi connectivity index (χ0v) is 24.0. The van der Waals surface area contributed by atoms with Crippen molar-refractivity contribution in [3.8, 4) is 12.3 Å². The third-order valence-corrected chi connectivity index (χ3v) is 16.9. The van der Waals surface area contributed by atoms with E-state index in [-0.39, 0.29) is 11.1 Å². The van der Waals surface area contributed by atoms with Crippen LogP contribution in [0.5, 0.6) is 0 Å². The second kappa shape index (κ2) is 12.9. The molecule has 1 N–H and O–H groups in total. The minimum absolute atomic E-state index is 0.0703. The topological polar surface area (TPSA) is 38.7 Å². The average molecular weight is 497 g/mol. The number of rotatable bonds is 13. The monoisotopic (exact) mass is 496 g/mol. The molecule has 0 unspecified atom stereocenters. The fraction of sp³-hybridized carbons (Fsp3) is 0.517. The van der Waals surface area contributed by atoms with E-state index in [1.807, 2.05) is 0 Å². The molecule has 2 aromatic rings. The summed E-state index contributed by atoms with van der Waals surface area (Å²) in [6, 6.07) is 24.6. The SMILES string of the molecule is C#C[C@H](O)C[C@@H](CCO[Si](c1ccccc1)(c1ccccc1)C(C)(C)C)O[Si](CC)(CC)CC. The third-order valence-electron chi connectivity index (χ3n) is 7.20. The van der Waals surface area contributed by atoms with Gasteiger partial charge in [-0.15, -0.1) is 6.42 Å². The molecule has 2 rings (SSSR count). The maximum absolute atomic E-state index is 10.3. The Kier molecular flexibility index (Phi) is 10.8. The summed E-state index contributed by atoms with van der Waals surface area (Å²) in [4.78, 5) is 0. The molecule has 34 heavy (non-hydrogen) atoms. The molecular formula is C29H44O3Si2. The Morgan fingerprint density at radius 3 is 1.74 bits per heavy atom. The van der Waals surface area contributed by atoms with Gasteiger partial charge in [0.15, 0.2) is 8.32 Å². The van der Waals surface area contributed by atoms with Gasteiger partial charge in [0.2, 0.25) is 0 Å². The van der Waals surface area contributed by atoms with Gasteiger partial charge in [-0.2, -0.15) is 0 Å². The van der Waals surface area contributed by atoms with Crippen LogP contribution in [0.1, 0.15) is 54.4 Å². The van der Waals surface area contributed by atoms with Crippen LogP contribution in [0.2, 0.25) is 23.2 Å². The van der Waals surface area contributed by atoms with Crippen LogP contribution in [0.15, 0.2) is 60.7 Å². The number of terminal acetylenes is 1. The van der Waals surface area contributed by atoms with Gasteiger partial charge < -0.3 is 14.0 Å². The molecule has 2 atom stereocenters. The molecule has 0 saturated heterocycles. The molecule has 0 aliphatic carbocycles. The third kappa shape index (κ3) is 6.71. The molecule has 0 bridgehead atoms. The quantitative estimate of drug-likeness (QED) is 0.284. The molecule has 0 radical (unpaired) electrons. The van der Waals surface area contributed by atoms with Crippen molar-refractivity contribution >= 4 is 27.0 Å². The maximum atomic E-state index is 10.3. The molecule has 0 saturated carbocycles. The van der Waals surface area contributed by atoms with Gasteiger partial charge in [0.1, 0.15) is 6.10 Å². The van der Waals surface area contributed by atoms with E-state index in [1.54, 1.807) is 0 Å². The van der Waals surface area contributed by atoms with E-state index in [4.69, 9.17) is 15.3 Å². The van der Waals surface area contributed by atoms with Gasteiger partial charge in [0.05, 0.1) is 6.10 Å². The van der Waals surface area contributed by atoms with E-state index >= 15 is 0 Å². The highest BCUT2D eigenvalue weighted by Crippen LogP contribution is 2.37. The molecule has 0 fully saturated rings. The summed E-state index contributed by atoms with van der Waals surface area (Å²) in [7, 11) is -4.44. The minimum Gasteiger partial charge on any atom is -0.414 e. The lowest BCUT2D eigenvalue weighted by Crippen LogP contribution is -2.66. The Bertz CT molecular complexity index is 835. The van der Waals surface area contributed by atoms with Crippen LogP contribution in [-0.2, 0) is 8.85 Å². The van der Waals surface area contributed by atoms with Crippen LogP contribution < -0.4 is 10.4 Å². The Balaban J connectivity index is 2.38. The molecular weight excluding hydrogens is 452 g/mol. The average Bonchev–Trinajstić information content (AvgIpc) is 2.85. The number of hydrogen-bond donors (Lipinski definition) is 1. The van der Waals surface area contributed by atoms with Crippen LogP contribution in [-0.4, -0.2) is 40.6 Å².